The van der Waals surface area contributed by atoms with E-state index in [1.165, 1.54) is 51.4 Å². The molecule has 6 heteroatoms. The molecule has 0 saturated heterocycles. The summed E-state index contributed by atoms with van der Waals surface area (Å²) in [5.41, 5.74) is 0. The second-order valence-electron chi connectivity index (χ2n) is 16.0. The van der Waals surface area contributed by atoms with E-state index in [0.717, 1.165) is 103 Å². The van der Waals surface area contributed by atoms with E-state index in [1.807, 2.05) is 0 Å². The van der Waals surface area contributed by atoms with Crippen LogP contribution in [0, 0.1) is 0 Å². The van der Waals surface area contributed by atoms with E-state index in [4.69, 9.17) is 14.2 Å². The number of hydrogen-bond donors (Lipinski definition) is 0. The Bertz CT molecular complexity index is 1310. The maximum Gasteiger partial charge on any atom is 0.306 e. The van der Waals surface area contributed by atoms with Gasteiger partial charge < -0.3 is 14.2 Å². The first-order chi connectivity index (χ1) is 30.5. The number of ether oxygens (including phenoxy) is 3. The predicted octanol–water partition coefficient (Wildman–Crippen LogP) is 16.4. The minimum atomic E-state index is -0.821. The molecular weight excluding hydrogens is 769 g/mol. The molecular formula is C56H90O6. The van der Waals surface area contributed by atoms with E-state index < -0.39 is 6.10 Å². The molecule has 62 heavy (non-hydrogen) atoms. The molecule has 350 valence electrons. The first-order valence-electron chi connectivity index (χ1n) is 24.9. The van der Waals surface area contributed by atoms with Gasteiger partial charge in [0, 0.05) is 19.3 Å². The summed E-state index contributed by atoms with van der Waals surface area (Å²) >= 11 is 0. The van der Waals surface area contributed by atoms with Gasteiger partial charge in [0.25, 0.3) is 0 Å². The van der Waals surface area contributed by atoms with Gasteiger partial charge in [0.1, 0.15) is 13.2 Å². The SMILES string of the molecule is CC/C=C\C/C=C\C/C=C\C/C=C\CCCCCC(=O)OC(COC(=O)CCC/C=C\C/C=C\C/C=C\C/C=C\CCCCC)COC(=O)CCCCCCC/C=C\CCCC. The van der Waals surface area contributed by atoms with E-state index in [0.29, 0.717) is 19.3 Å². The van der Waals surface area contributed by atoms with Crippen LogP contribution in [-0.2, 0) is 28.6 Å². The quantitative estimate of drug-likeness (QED) is 0.0263. The zero-order chi connectivity index (χ0) is 45.1. The molecule has 0 fully saturated rings. The molecule has 0 aromatic carbocycles. The van der Waals surface area contributed by atoms with Crippen LogP contribution < -0.4 is 0 Å². The Kier molecular flexibility index (Phi) is 46.6. The van der Waals surface area contributed by atoms with E-state index in [-0.39, 0.29) is 44.0 Å². The van der Waals surface area contributed by atoms with E-state index in [2.05, 4.69) is 130 Å². The van der Waals surface area contributed by atoms with E-state index in [1.54, 1.807) is 0 Å². The van der Waals surface area contributed by atoms with Crippen molar-refractivity contribution in [2.75, 3.05) is 13.2 Å². The minimum Gasteiger partial charge on any atom is -0.462 e. The first kappa shape index (κ1) is 58.1. The zero-order valence-corrected chi connectivity index (χ0v) is 39.8. The molecule has 0 heterocycles. The van der Waals surface area contributed by atoms with Gasteiger partial charge >= 0.3 is 17.9 Å². The Hall–Kier alpha value is -3.93. The summed E-state index contributed by atoms with van der Waals surface area (Å²) < 4.78 is 16.7. The summed E-state index contributed by atoms with van der Waals surface area (Å²) in [5.74, 6) is -1.02. The monoisotopic (exact) mass is 859 g/mol. The largest absolute Gasteiger partial charge is 0.462 e. The fourth-order valence-corrected chi connectivity index (χ4v) is 6.23. The van der Waals surface area contributed by atoms with Gasteiger partial charge in [-0.3, -0.25) is 14.4 Å². The van der Waals surface area contributed by atoms with Gasteiger partial charge in [0.15, 0.2) is 6.10 Å². The van der Waals surface area contributed by atoms with Crippen molar-refractivity contribution in [2.45, 2.75) is 213 Å². The highest BCUT2D eigenvalue weighted by Crippen LogP contribution is 2.11. The highest BCUT2D eigenvalue weighted by molar-refractivity contribution is 5.71. The van der Waals surface area contributed by atoms with Crippen LogP contribution in [0.4, 0.5) is 0 Å². The lowest BCUT2D eigenvalue weighted by Crippen LogP contribution is -2.30. The maximum atomic E-state index is 12.8. The average molecular weight is 859 g/mol. The third-order valence-electron chi connectivity index (χ3n) is 9.98. The smallest absolute Gasteiger partial charge is 0.306 e. The molecule has 0 amide bonds. The van der Waals surface area contributed by atoms with Crippen LogP contribution in [-0.4, -0.2) is 37.2 Å². The number of allylic oxidation sites excluding steroid dienone is 18. The molecule has 0 radical (unpaired) electrons. The fourth-order valence-electron chi connectivity index (χ4n) is 6.23. The minimum absolute atomic E-state index is 0.115. The lowest BCUT2D eigenvalue weighted by molar-refractivity contribution is -0.167. The summed E-state index contributed by atoms with van der Waals surface area (Å²) in [6, 6.07) is 0. The maximum absolute atomic E-state index is 12.8. The molecule has 0 N–H and O–H groups in total. The zero-order valence-electron chi connectivity index (χ0n) is 39.8. The van der Waals surface area contributed by atoms with Crippen molar-refractivity contribution in [1.82, 2.24) is 0 Å². The van der Waals surface area contributed by atoms with Crippen LogP contribution in [0.25, 0.3) is 0 Å². The lowest BCUT2D eigenvalue weighted by atomic mass is 10.1. The first-order valence-corrected chi connectivity index (χ1v) is 24.9. The van der Waals surface area contributed by atoms with Crippen LogP contribution in [0.2, 0.25) is 0 Å². The van der Waals surface area contributed by atoms with Crippen molar-refractivity contribution in [3.05, 3.63) is 109 Å². The van der Waals surface area contributed by atoms with Crippen LogP contribution in [0.15, 0.2) is 109 Å². The Morgan fingerprint density at radius 2 is 0.661 bits per heavy atom. The number of carbonyl (C=O) groups is 3. The lowest BCUT2D eigenvalue weighted by Gasteiger charge is -2.18. The van der Waals surface area contributed by atoms with Crippen LogP contribution in [0.5, 0.6) is 0 Å². The summed E-state index contributed by atoms with van der Waals surface area (Å²) in [6.45, 7) is 6.35. The molecule has 0 aliphatic rings. The molecule has 0 spiro atoms. The van der Waals surface area contributed by atoms with E-state index >= 15 is 0 Å². The van der Waals surface area contributed by atoms with Crippen LogP contribution in [0.1, 0.15) is 207 Å². The second-order valence-corrected chi connectivity index (χ2v) is 16.0. The van der Waals surface area contributed by atoms with Crippen molar-refractivity contribution in [3.63, 3.8) is 0 Å². The summed E-state index contributed by atoms with van der Waals surface area (Å²) in [7, 11) is 0. The Balaban J connectivity index is 4.55. The van der Waals surface area contributed by atoms with Crippen molar-refractivity contribution in [3.8, 4) is 0 Å². The highest BCUT2D eigenvalue weighted by atomic mass is 16.6. The number of esters is 3. The number of rotatable bonds is 43. The number of hydrogen-bond acceptors (Lipinski definition) is 6. The molecule has 0 aliphatic heterocycles. The summed E-state index contributed by atoms with van der Waals surface area (Å²) in [5, 5.41) is 0. The molecule has 0 aliphatic carbocycles. The third-order valence-corrected chi connectivity index (χ3v) is 9.98. The van der Waals surface area contributed by atoms with Gasteiger partial charge in [0.2, 0.25) is 0 Å². The van der Waals surface area contributed by atoms with Crippen molar-refractivity contribution >= 4 is 17.9 Å². The van der Waals surface area contributed by atoms with Gasteiger partial charge in [-0.2, -0.15) is 0 Å². The van der Waals surface area contributed by atoms with Crippen LogP contribution >= 0.6 is 0 Å². The van der Waals surface area contributed by atoms with Crippen molar-refractivity contribution < 1.29 is 28.6 Å². The normalized spacial score (nSPS) is 13.0. The van der Waals surface area contributed by atoms with Crippen molar-refractivity contribution in [2.24, 2.45) is 0 Å². The van der Waals surface area contributed by atoms with Gasteiger partial charge in [-0.05, 0) is 116 Å². The molecule has 6 nitrogen and oxygen atoms in total. The molecule has 1 unspecified atom stereocenters. The van der Waals surface area contributed by atoms with Gasteiger partial charge in [-0.1, -0.05) is 182 Å². The van der Waals surface area contributed by atoms with E-state index in [9.17, 15) is 14.4 Å². The Morgan fingerprint density at radius 3 is 1.13 bits per heavy atom. The highest BCUT2D eigenvalue weighted by Gasteiger charge is 2.19. The number of unbranched alkanes of at least 4 members (excludes halogenated alkanes) is 14. The van der Waals surface area contributed by atoms with Crippen LogP contribution in [0.3, 0.4) is 0 Å². The third kappa shape index (κ3) is 47.1. The summed E-state index contributed by atoms with van der Waals surface area (Å²) in [4.78, 5) is 37.9. The molecule has 0 aromatic rings. The molecule has 0 aromatic heterocycles. The fraction of sp³-hybridized carbons (Fsp3) is 0.625. The second kappa shape index (κ2) is 49.7. The van der Waals surface area contributed by atoms with Crippen molar-refractivity contribution in [1.29, 1.82) is 0 Å². The molecule has 0 rings (SSSR count). The topological polar surface area (TPSA) is 78.9 Å². The van der Waals surface area contributed by atoms with Gasteiger partial charge in [-0.15, -0.1) is 0 Å². The molecule has 1 atom stereocenters. The van der Waals surface area contributed by atoms with Gasteiger partial charge in [-0.25, -0.2) is 0 Å². The number of carbonyl (C=O) groups excluding carboxylic acids is 3. The molecule has 0 bridgehead atoms. The summed E-state index contributed by atoms with van der Waals surface area (Å²) in [6.07, 6.45) is 66.5. The average Bonchev–Trinajstić information content (AvgIpc) is 3.27. The van der Waals surface area contributed by atoms with Gasteiger partial charge in [0.05, 0.1) is 0 Å². The Morgan fingerprint density at radius 1 is 0.339 bits per heavy atom. The standard InChI is InChI=1S/C56H90O6/c1-4-7-10-13-16-19-22-24-26-28-30-31-34-37-40-43-46-49-55(58)61-52-53(51-60-54(57)48-45-42-39-36-33-21-18-15-12-9-6-3)62-56(59)50-47-44-41-38-35-32-29-27-25-23-20-17-14-11-8-5-2/h8,11,15-20,24-27,30-32,35,37,40,53H,4-7,9-10,12-14,21-23,28-29,33-34,36,38-39,41-52H2,1-3H3/b11-8-,18-15-,19-16-,20-17-,26-24-,27-25-,31-30-,35-32-,40-37-. The molecule has 0 saturated carbocycles. The predicted molar refractivity (Wildman–Crippen MR) is 265 cm³/mol. The Labute approximate surface area is 380 Å².